The molecule has 0 fully saturated rings. The SMILES string of the molecule is CCC1CN(c2ncc(C(=O)O)cn2)Cc2cc(C(=O)N[C@@H](CO)c3ccc(S(=O)(=O)CC)cc3)ccc21. The Morgan fingerprint density at radius 3 is 2.34 bits per heavy atom. The van der Waals surface area contributed by atoms with Crippen molar-refractivity contribution in [3.05, 3.63) is 82.7 Å². The summed E-state index contributed by atoms with van der Waals surface area (Å²) in [5.74, 6) is -0.874. The van der Waals surface area contributed by atoms with Crippen LogP contribution in [-0.4, -0.2) is 59.4 Å². The summed E-state index contributed by atoms with van der Waals surface area (Å²) in [6.07, 6.45) is 3.42. The van der Waals surface area contributed by atoms with E-state index in [9.17, 15) is 23.1 Å². The number of aliphatic hydroxyl groups excluding tert-OH is 1. The Kier molecular flexibility index (Phi) is 8.08. The number of aromatic nitrogens is 2. The van der Waals surface area contributed by atoms with E-state index in [1.54, 1.807) is 25.1 Å². The van der Waals surface area contributed by atoms with E-state index in [4.69, 9.17) is 5.11 Å². The highest BCUT2D eigenvalue weighted by molar-refractivity contribution is 7.91. The zero-order chi connectivity index (χ0) is 27.4. The number of hydrogen-bond acceptors (Lipinski definition) is 8. The molecule has 1 aromatic heterocycles. The zero-order valence-corrected chi connectivity index (χ0v) is 22.0. The van der Waals surface area contributed by atoms with E-state index >= 15 is 0 Å². The number of carbonyl (C=O) groups is 2. The molecule has 0 aliphatic carbocycles. The van der Waals surface area contributed by atoms with Gasteiger partial charge in [-0.15, -0.1) is 0 Å². The van der Waals surface area contributed by atoms with Crippen LogP contribution in [0.4, 0.5) is 5.95 Å². The van der Waals surface area contributed by atoms with E-state index in [0.717, 1.165) is 17.5 Å². The molecule has 1 aliphatic rings. The molecule has 0 spiro atoms. The van der Waals surface area contributed by atoms with Crippen LogP contribution in [0.3, 0.4) is 0 Å². The minimum atomic E-state index is -3.35. The van der Waals surface area contributed by atoms with Gasteiger partial charge < -0.3 is 20.4 Å². The highest BCUT2D eigenvalue weighted by atomic mass is 32.2. The van der Waals surface area contributed by atoms with Gasteiger partial charge in [0.05, 0.1) is 28.9 Å². The summed E-state index contributed by atoms with van der Waals surface area (Å²) < 4.78 is 24.2. The number of carboxylic acid groups (broad SMARTS) is 1. The van der Waals surface area contributed by atoms with Crippen LogP contribution in [0.15, 0.2) is 59.8 Å². The number of hydrogen-bond donors (Lipinski definition) is 3. The fourth-order valence-electron chi connectivity index (χ4n) is 4.56. The first-order valence-corrected chi connectivity index (χ1v) is 14.0. The fraction of sp³-hybridized carbons (Fsp3) is 0.333. The number of rotatable bonds is 9. The second-order valence-electron chi connectivity index (χ2n) is 9.16. The monoisotopic (exact) mass is 538 g/mol. The van der Waals surface area contributed by atoms with Gasteiger partial charge in [-0.2, -0.15) is 0 Å². The number of carboxylic acids is 1. The van der Waals surface area contributed by atoms with Crippen molar-refractivity contribution in [2.24, 2.45) is 0 Å². The molecular formula is C27H30N4O6S. The molecule has 0 saturated heterocycles. The third kappa shape index (κ3) is 5.68. The van der Waals surface area contributed by atoms with Crippen molar-refractivity contribution in [3.8, 4) is 0 Å². The first-order chi connectivity index (χ1) is 18.2. The molecule has 4 rings (SSSR count). The number of anilines is 1. The molecule has 1 aliphatic heterocycles. The van der Waals surface area contributed by atoms with Crippen LogP contribution in [0.25, 0.3) is 0 Å². The number of aliphatic hydroxyl groups is 1. The van der Waals surface area contributed by atoms with Gasteiger partial charge in [0.25, 0.3) is 5.91 Å². The third-order valence-electron chi connectivity index (χ3n) is 6.82. The molecule has 11 heteroatoms. The quantitative estimate of drug-likeness (QED) is 0.374. The molecule has 2 atom stereocenters. The Hall–Kier alpha value is -3.83. The number of fused-ring (bicyclic) bond motifs is 1. The maximum atomic E-state index is 13.1. The Labute approximate surface area is 221 Å². The van der Waals surface area contributed by atoms with Crippen molar-refractivity contribution in [2.45, 2.75) is 43.7 Å². The van der Waals surface area contributed by atoms with Crippen LogP contribution < -0.4 is 10.2 Å². The molecule has 0 bridgehead atoms. The molecule has 200 valence electrons. The highest BCUT2D eigenvalue weighted by Crippen LogP contribution is 2.33. The summed E-state index contributed by atoms with van der Waals surface area (Å²) in [6.45, 7) is 4.41. The van der Waals surface area contributed by atoms with Gasteiger partial charge in [-0.3, -0.25) is 4.79 Å². The van der Waals surface area contributed by atoms with Gasteiger partial charge in [-0.25, -0.2) is 23.2 Å². The van der Waals surface area contributed by atoms with Crippen LogP contribution in [-0.2, 0) is 16.4 Å². The molecular weight excluding hydrogens is 508 g/mol. The van der Waals surface area contributed by atoms with Crippen molar-refractivity contribution < 1.29 is 28.2 Å². The maximum absolute atomic E-state index is 13.1. The molecule has 1 unspecified atom stereocenters. The number of nitrogens with zero attached hydrogens (tertiary/aromatic N) is 3. The normalized spacial score (nSPS) is 16.0. The average Bonchev–Trinajstić information content (AvgIpc) is 2.94. The number of sulfone groups is 1. The second kappa shape index (κ2) is 11.3. The summed E-state index contributed by atoms with van der Waals surface area (Å²) in [5, 5.41) is 21.9. The molecule has 2 heterocycles. The Bertz CT molecular complexity index is 1420. The van der Waals surface area contributed by atoms with Crippen LogP contribution in [0.5, 0.6) is 0 Å². The van der Waals surface area contributed by atoms with Crippen LogP contribution in [0, 0.1) is 0 Å². The molecule has 10 nitrogen and oxygen atoms in total. The topological polar surface area (TPSA) is 150 Å². The maximum Gasteiger partial charge on any atom is 0.338 e. The van der Waals surface area contributed by atoms with E-state index in [1.807, 2.05) is 17.0 Å². The molecule has 2 aromatic carbocycles. The lowest BCUT2D eigenvalue weighted by Gasteiger charge is -2.34. The van der Waals surface area contributed by atoms with Crippen molar-refractivity contribution in [1.82, 2.24) is 15.3 Å². The molecule has 3 N–H and O–H groups in total. The average molecular weight is 539 g/mol. The number of amides is 1. The minimum absolute atomic E-state index is 0.0113. The van der Waals surface area contributed by atoms with Gasteiger partial charge in [0.15, 0.2) is 9.84 Å². The molecule has 0 radical (unpaired) electrons. The number of carbonyl (C=O) groups excluding carboxylic acids is 1. The largest absolute Gasteiger partial charge is 0.478 e. The van der Waals surface area contributed by atoms with E-state index in [0.29, 0.717) is 30.2 Å². The third-order valence-corrected chi connectivity index (χ3v) is 8.57. The predicted molar refractivity (Wildman–Crippen MR) is 141 cm³/mol. The van der Waals surface area contributed by atoms with Crippen molar-refractivity contribution in [1.29, 1.82) is 0 Å². The first-order valence-electron chi connectivity index (χ1n) is 12.3. The molecule has 1 amide bonds. The van der Waals surface area contributed by atoms with Crippen molar-refractivity contribution in [3.63, 3.8) is 0 Å². The minimum Gasteiger partial charge on any atom is -0.478 e. The molecule has 38 heavy (non-hydrogen) atoms. The lowest BCUT2D eigenvalue weighted by Crippen LogP contribution is -2.35. The van der Waals surface area contributed by atoms with Crippen molar-refractivity contribution >= 4 is 27.7 Å². The Morgan fingerprint density at radius 1 is 1.08 bits per heavy atom. The van der Waals surface area contributed by atoms with Crippen LogP contribution in [0.1, 0.15) is 69.6 Å². The lowest BCUT2D eigenvalue weighted by atomic mass is 9.87. The van der Waals surface area contributed by atoms with E-state index in [2.05, 4.69) is 22.2 Å². The van der Waals surface area contributed by atoms with Gasteiger partial charge in [-0.05, 0) is 47.4 Å². The smallest absolute Gasteiger partial charge is 0.338 e. The fourth-order valence-corrected chi connectivity index (χ4v) is 5.45. The van der Waals surface area contributed by atoms with Gasteiger partial charge in [0, 0.05) is 37.0 Å². The number of nitrogens with one attached hydrogen (secondary N) is 1. The number of aromatic carboxylic acids is 1. The van der Waals surface area contributed by atoms with Gasteiger partial charge in [-0.1, -0.05) is 32.0 Å². The van der Waals surface area contributed by atoms with E-state index in [1.165, 1.54) is 24.5 Å². The summed E-state index contributed by atoms with van der Waals surface area (Å²) >= 11 is 0. The van der Waals surface area contributed by atoms with Gasteiger partial charge >= 0.3 is 5.97 Å². The van der Waals surface area contributed by atoms with E-state index in [-0.39, 0.29) is 34.6 Å². The first kappa shape index (κ1) is 27.2. The highest BCUT2D eigenvalue weighted by Gasteiger charge is 2.27. The Morgan fingerprint density at radius 2 is 1.76 bits per heavy atom. The summed E-state index contributed by atoms with van der Waals surface area (Å²) in [5.41, 5.74) is 3.10. The van der Waals surface area contributed by atoms with Gasteiger partial charge in [0.1, 0.15) is 0 Å². The van der Waals surface area contributed by atoms with Gasteiger partial charge in [0.2, 0.25) is 5.95 Å². The Balaban J connectivity index is 1.54. The summed E-state index contributed by atoms with van der Waals surface area (Å²) in [7, 11) is -3.35. The van der Waals surface area contributed by atoms with Crippen LogP contribution in [0.2, 0.25) is 0 Å². The van der Waals surface area contributed by atoms with E-state index < -0.39 is 21.8 Å². The zero-order valence-electron chi connectivity index (χ0n) is 21.2. The molecule has 3 aromatic rings. The number of benzene rings is 2. The predicted octanol–water partition coefficient (Wildman–Crippen LogP) is 2.95. The standard InChI is InChI=1S/C27H30N4O6S/c1-3-17-14-31(27-28-12-21(13-29-27)26(34)35)15-20-11-19(7-10-23(17)20)25(33)30-24(16-32)18-5-8-22(9-6-18)38(36,37)4-2/h5-13,17,24,32H,3-4,14-16H2,1-2H3,(H,30,33)(H,34,35)/t17?,24-/m0/s1. The summed E-state index contributed by atoms with van der Waals surface area (Å²) in [4.78, 5) is 34.9. The van der Waals surface area contributed by atoms with Crippen LogP contribution >= 0.6 is 0 Å². The van der Waals surface area contributed by atoms with Crippen molar-refractivity contribution in [2.75, 3.05) is 23.8 Å². The summed E-state index contributed by atoms with van der Waals surface area (Å²) in [6, 6.07) is 11.0. The lowest BCUT2D eigenvalue weighted by molar-refractivity contribution is 0.0695. The second-order valence-corrected chi connectivity index (χ2v) is 11.4. The molecule has 0 saturated carbocycles.